The molecule has 0 spiro atoms. The van der Waals surface area contributed by atoms with E-state index in [1.807, 2.05) is 0 Å². The van der Waals surface area contributed by atoms with Gasteiger partial charge in [0.25, 0.3) is 0 Å². The molecular weight excluding hydrogens is 683 g/mol. The molecule has 4 nitrogen and oxygen atoms in total. The third-order valence-corrected chi connectivity index (χ3v) is 10.9. The largest absolute Gasteiger partial charge is 0.453 e. The van der Waals surface area contributed by atoms with Gasteiger partial charge in [-0.05, 0) is 99.0 Å². The quantitative estimate of drug-likeness (QED) is 0.173. The lowest BCUT2D eigenvalue weighted by molar-refractivity contribution is 0.481. The molecule has 0 saturated carbocycles. The number of fused-ring (bicyclic) bond motifs is 8. The summed E-state index contributed by atoms with van der Waals surface area (Å²) in [4.78, 5) is 4.68. The van der Waals surface area contributed by atoms with E-state index in [0.717, 1.165) is 57.0 Å². The van der Waals surface area contributed by atoms with E-state index in [9.17, 15) is 0 Å². The zero-order valence-electron chi connectivity index (χ0n) is 30.4. The molecule has 0 bridgehead atoms. The molecule has 0 radical (unpaired) electrons. The van der Waals surface area contributed by atoms with Crippen LogP contribution in [0.2, 0.25) is 0 Å². The molecule has 1 N–H and O–H groups in total. The standard InChI is InChI=1S/C52H35N3O/c1-3-17-37(18-4-1)54(49-31-35-15-7-9-21-41(35)43-23-11-13-25-45(43)49)39-28-30-51-48(33-39)53-47-29-27-40(34-52(47)56-51)55(38-19-5-2-6-20-38)50-32-36-16-8-10-22-42(36)44-24-12-14-26-46(44)50/h1-34,53H. The van der Waals surface area contributed by atoms with E-state index >= 15 is 0 Å². The zero-order chi connectivity index (χ0) is 37.0. The molecule has 11 rings (SSSR count). The fourth-order valence-electron chi connectivity index (χ4n) is 8.39. The Balaban J connectivity index is 1.01. The van der Waals surface area contributed by atoms with Gasteiger partial charge < -0.3 is 19.9 Å². The minimum absolute atomic E-state index is 0.772. The maximum Gasteiger partial charge on any atom is 0.153 e. The molecule has 0 atom stereocenters. The van der Waals surface area contributed by atoms with Crippen LogP contribution in [0.3, 0.4) is 0 Å². The smallest absolute Gasteiger partial charge is 0.153 e. The number of hydrogen-bond donors (Lipinski definition) is 1. The van der Waals surface area contributed by atoms with Crippen molar-refractivity contribution in [1.82, 2.24) is 0 Å². The van der Waals surface area contributed by atoms with Gasteiger partial charge in [-0.2, -0.15) is 0 Å². The SMILES string of the molecule is c1ccc(N(c2ccc3c(c2)Nc2ccc(N(c4ccccc4)c4cc5ccccc5c5ccccc45)cc2O3)c2cc3ccccc3c3ccccc23)cc1. The van der Waals surface area contributed by atoms with Gasteiger partial charge in [0.15, 0.2) is 11.5 Å². The van der Waals surface area contributed by atoms with Crippen LogP contribution in [0.4, 0.5) is 45.5 Å². The molecule has 10 aromatic rings. The van der Waals surface area contributed by atoms with Crippen LogP contribution in [-0.4, -0.2) is 0 Å². The first kappa shape index (κ1) is 31.9. The van der Waals surface area contributed by atoms with Crippen LogP contribution < -0.4 is 19.9 Å². The average molecular weight is 718 g/mol. The molecular formula is C52H35N3O. The first-order valence-electron chi connectivity index (χ1n) is 19.0. The molecule has 0 aliphatic carbocycles. The molecule has 0 fully saturated rings. The van der Waals surface area contributed by atoms with Gasteiger partial charge >= 0.3 is 0 Å². The van der Waals surface area contributed by atoms with E-state index in [4.69, 9.17) is 4.74 Å². The zero-order valence-corrected chi connectivity index (χ0v) is 30.4. The average Bonchev–Trinajstić information content (AvgIpc) is 3.26. The summed E-state index contributed by atoms with van der Waals surface area (Å²) in [7, 11) is 0. The van der Waals surface area contributed by atoms with Crippen LogP contribution >= 0.6 is 0 Å². The van der Waals surface area contributed by atoms with E-state index in [-0.39, 0.29) is 0 Å². The number of ether oxygens (including phenoxy) is 1. The van der Waals surface area contributed by atoms with Gasteiger partial charge in [-0.25, -0.2) is 0 Å². The Morgan fingerprint density at radius 1 is 0.304 bits per heavy atom. The molecule has 264 valence electrons. The highest BCUT2D eigenvalue weighted by Crippen LogP contribution is 2.50. The van der Waals surface area contributed by atoms with E-state index < -0.39 is 0 Å². The number of rotatable bonds is 6. The van der Waals surface area contributed by atoms with Crippen molar-refractivity contribution in [3.8, 4) is 11.5 Å². The lowest BCUT2D eigenvalue weighted by atomic mass is 9.99. The van der Waals surface area contributed by atoms with Crippen molar-refractivity contribution in [3.05, 3.63) is 206 Å². The van der Waals surface area contributed by atoms with Crippen molar-refractivity contribution < 1.29 is 4.74 Å². The van der Waals surface area contributed by atoms with E-state index in [0.29, 0.717) is 0 Å². The summed E-state index contributed by atoms with van der Waals surface area (Å²) in [5.74, 6) is 1.55. The third-order valence-electron chi connectivity index (χ3n) is 10.9. The van der Waals surface area contributed by atoms with Crippen molar-refractivity contribution in [3.63, 3.8) is 0 Å². The fraction of sp³-hybridized carbons (Fsp3) is 0. The molecule has 1 aliphatic rings. The summed E-state index contributed by atoms with van der Waals surface area (Å²) in [6.45, 7) is 0. The van der Waals surface area contributed by atoms with Crippen LogP contribution in [0, 0.1) is 0 Å². The Bertz CT molecular complexity index is 2890. The number of nitrogens with zero attached hydrogens (tertiary/aromatic N) is 2. The Kier molecular flexibility index (Phi) is 7.46. The number of nitrogens with one attached hydrogen (secondary N) is 1. The number of para-hydroxylation sites is 2. The Hall–Kier alpha value is -7.56. The first-order chi connectivity index (χ1) is 27.8. The predicted octanol–water partition coefficient (Wildman–Crippen LogP) is 15.1. The predicted molar refractivity (Wildman–Crippen MR) is 236 cm³/mol. The summed E-state index contributed by atoms with van der Waals surface area (Å²) in [5, 5.41) is 13.5. The molecule has 0 unspecified atom stereocenters. The van der Waals surface area contributed by atoms with Gasteiger partial charge in [0.1, 0.15) is 0 Å². The summed E-state index contributed by atoms with van der Waals surface area (Å²) in [6.07, 6.45) is 0. The molecule has 56 heavy (non-hydrogen) atoms. The van der Waals surface area contributed by atoms with Gasteiger partial charge in [-0.15, -0.1) is 0 Å². The van der Waals surface area contributed by atoms with Crippen LogP contribution in [0.25, 0.3) is 43.1 Å². The second-order valence-electron chi connectivity index (χ2n) is 14.3. The van der Waals surface area contributed by atoms with E-state index in [1.165, 1.54) is 43.1 Å². The van der Waals surface area contributed by atoms with E-state index in [1.54, 1.807) is 0 Å². The number of anilines is 8. The monoisotopic (exact) mass is 717 g/mol. The topological polar surface area (TPSA) is 27.7 Å². The molecule has 0 aromatic heterocycles. The third kappa shape index (κ3) is 5.31. The van der Waals surface area contributed by atoms with Gasteiger partial charge in [0.2, 0.25) is 0 Å². The highest BCUT2D eigenvalue weighted by atomic mass is 16.5. The molecule has 10 aromatic carbocycles. The minimum Gasteiger partial charge on any atom is -0.453 e. The molecule has 0 amide bonds. The highest BCUT2D eigenvalue weighted by Gasteiger charge is 2.24. The maximum atomic E-state index is 6.76. The van der Waals surface area contributed by atoms with Crippen molar-refractivity contribution in [1.29, 1.82) is 0 Å². The van der Waals surface area contributed by atoms with Crippen LogP contribution in [-0.2, 0) is 0 Å². The lowest BCUT2D eigenvalue weighted by Gasteiger charge is -2.31. The van der Waals surface area contributed by atoms with Crippen LogP contribution in [0.15, 0.2) is 206 Å². The molecule has 1 heterocycles. The normalized spacial score (nSPS) is 11.9. The summed E-state index contributed by atoms with van der Waals surface area (Å²) in [6, 6.07) is 73.3. The first-order valence-corrected chi connectivity index (χ1v) is 19.0. The molecule has 0 saturated heterocycles. The summed E-state index contributed by atoms with van der Waals surface area (Å²) in [5.41, 5.74) is 8.25. The van der Waals surface area contributed by atoms with Gasteiger partial charge in [0.05, 0.1) is 28.4 Å². The summed E-state index contributed by atoms with van der Waals surface area (Å²) >= 11 is 0. The van der Waals surface area contributed by atoms with E-state index in [2.05, 4.69) is 221 Å². The second kappa shape index (κ2) is 13.1. The minimum atomic E-state index is 0.772. The van der Waals surface area contributed by atoms with Gasteiger partial charge in [-0.3, -0.25) is 0 Å². The van der Waals surface area contributed by atoms with Crippen molar-refractivity contribution in [2.24, 2.45) is 0 Å². The van der Waals surface area contributed by atoms with Gasteiger partial charge in [-0.1, -0.05) is 133 Å². The number of benzene rings is 10. The van der Waals surface area contributed by atoms with Gasteiger partial charge in [0, 0.05) is 33.9 Å². The highest BCUT2D eigenvalue weighted by molar-refractivity contribution is 6.16. The summed E-state index contributed by atoms with van der Waals surface area (Å²) < 4.78 is 6.76. The Morgan fingerprint density at radius 2 is 0.750 bits per heavy atom. The Labute approximate surface area is 325 Å². The second-order valence-corrected chi connectivity index (χ2v) is 14.3. The number of hydrogen-bond acceptors (Lipinski definition) is 4. The van der Waals surface area contributed by atoms with Crippen LogP contribution in [0.5, 0.6) is 11.5 Å². The molecule has 4 heteroatoms. The molecule has 1 aliphatic heterocycles. The lowest BCUT2D eigenvalue weighted by Crippen LogP contribution is -2.13. The maximum absolute atomic E-state index is 6.76. The van der Waals surface area contributed by atoms with Crippen molar-refractivity contribution in [2.75, 3.05) is 15.1 Å². The van der Waals surface area contributed by atoms with Crippen molar-refractivity contribution >= 4 is 88.6 Å². The fourth-order valence-corrected chi connectivity index (χ4v) is 8.39. The Morgan fingerprint density at radius 3 is 1.30 bits per heavy atom. The van der Waals surface area contributed by atoms with Crippen molar-refractivity contribution in [2.45, 2.75) is 0 Å². The van der Waals surface area contributed by atoms with Crippen LogP contribution in [0.1, 0.15) is 0 Å².